The van der Waals surface area contributed by atoms with Gasteiger partial charge in [-0.05, 0) is 30.5 Å². The molecule has 1 aliphatic carbocycles. The standard InChI is InChI=1S/C15H20BrN3.HI/c16-13-5-3-4-12(10-13)15(6-1-2-7-15)11-19-14-17-8-9-18-14;/h3-5,10H,1-2,6-9,11H2,(H2,17,18,19);1H. The fraction of sp³-hybridized carbons (Fsp3) is 0.533. The molecule has 20 heavy (non-hydrogen) atoms. The Bertz CT molecular complexity index is 484. The van der Waals surface area contributed by atoms with Gasteiger partial charge < -0.3 is 10.6 Å². The molecule has 0 unspecified atom stereocenters. The highest BCUT2D eigenvalue weighted by Crippen LogP contribution is 2.41. The normalized spacial score (nSPS) is 19.9. The molecule has 0 radical (unpaired) electrons. The number of aliphatic imine (C=N–C) groups is 1. The molecular formula is C15H21BrIN3. The summed E-state index contributed by atoms with van der Waals surface area (Å²) in [5, 5.41) is 6.80. The van der Waals surface area contributed by atoms with E-state index in [1.165, 1.54) is 35.7 Å². The molecule has 0 spiro atoms. The van der Waals surface area contributed by atoms with Crippen molar-refractivity contribution in [1.82, 2.24) is 10.6 Å². The Hall–Kier alpha value is -0.300. The molecule has 3 nitrogen and oxygen atoms in total. The lowest BCUT2D eigenvalue weighted by molar-refractivity contribution is 0.432. The monoisotopic (exact) mass is 449 g/mol. The molecule has 0 bridgehead atoms. The molecule has 1 fully saturated rings. The number of guanidine groups is 1. The van der Waals surface area contributed by atoms with Crippen LogP contribution < -0.4 is 10.6 Å². The predicted octanol–water partition coefficient (Wildman–Crippen LogP) is 3.43. The summed E-state index contributed by atoms with van der Waals surface area (Å²) in [5.74, 6) is 0.973. The van der Waals surface area contributed by atoms with Crippen molar-refractivity contribution in [2.45, 2.75) is 31.1 Å². The molecule has 5 heteroatoms. The second kappa shape index (κ2) is 7.11. The molecule has 1 aromatic carbocycles. The van der Waals surface area contributed by atoms with Crippen LogP contribution in [0.25, 0.3) is 0 Å². The van der Waals surface area contributed by atoms with Gasteiger partial charge in [0.05, 0.1) is 6.54 Å². The number of rotatable bonds is 3. The third-order valence-corrected chi connectivity index (χ3v) is 4.76. The van der Waals surface area contributed by atoms with Gasteiger partial charge in [-0.25, -0.2) is 0 Å². The van der Waals surface area contributed by atoms with E-state index in [0.29, 0.717) is 0 Å². The van der Waals surface area contributed by atoms with E-state index in [0.717, 1.165) is 25.6 Å². The number of halogens is 2. The molecule has 1 aliphatic heterocycles. The topological polar surface area (TPSA) is 36.4 Å². The van der Waals surface area contributed by atoms with Crippen molar-refractivity contribution < 1.29 is 0 Å². The molecule has 1 heterocycles. The number of nitrogens with one attached hydrogen (secondary N) is 2. The van der Waals surface area contributed by atoms with Gasteiger partial charge in [0.1, 0.15) is 0 Å². The number of nitrogens with zero attached hydrogens (tertiary/aromatic N) is 1. The second-order valence-corrected chi connectivity index (χ2v) is 6.42. The quantitative estimate of drug-likeness (QED) is 0.693. The predicted molar refractivity (Wildman–Crippen MR) is 98.0 cm³/mol. The number of hydrogen-bond donors (Lipinski definition) is 2. The molecule has 3 rings (SSSR count). The van der Waals surface area contributed by atoms with Crippen LogP contribution in [0.2, 0.25) is 0 Å². The van der Waals surface area contributed by atoms with Gasteiger partial charge in [0.2, 0.25) is 0 Å². The average Bonchev–Trinajstić information content (AvgIpc) is 3.09. The van der Waals surface area contributed by atoms with E-state index in [4.69, 9.17) is 0 Å². The lowest BCUT2D eigenvalue weighted by atomic mass is 9.79. The Kier molecular flexibility index (Phi) is 5.72. The summed E-state index contributed by atoms with van der Waals surface area (Å²) in [7, 11) is 0. The molecule has 2 aliphatic rings. The Balaban J connectivity index is 0.00000147. The third-order valence-electron chi connectivity index (χ3n) is 4.27. The molecular weight excluding hydrogens is 429 g/mol. The zero-order valence-electron chi connectivity index (χ0n) is 11.5. The van der Waals surface area contributed by atoms with Gasteiger partial charge >= 0.3 is 0 Å². The molecule has 0 amide bonds. The minimum absolute atomic E-state index is 0. The van der Waals surface area contributed by atoms with E-state index in [-0.39, 0.29) is 29.4 Å². The van der Waals surface area contributed by atoms with Crippen molar-refractivity contribution in [2.24, 2.45) is 4.99 Å². The Morgan fingerprint density at radius 1 is 1.30 bits per heavy atom. The van der Waals surface area contributed by atoms with Crippen LogP contribution in [0, 0.1) is 0 Å². The molecule has 0 atom stereocenters. The summed E-state index contributed by atoms with van der Waals surface area (Å²) in [6.07, 6.45) is 5.19. The summed E-state index contributed by atoms with van der Waals surface area (Å²) >= 11 is 3.59. The molecule has 0 saturated heterocycles. The van der Waals surface area contributed by atoms with Crippen molar-refractivity contribution in [3.8, 4) is 0 Å². The zero-order valence-corrected chi connectivity index (χ0v) is 15.4. The van der Waals surface area contributed by atoms with Crippen LogP contribution in [0.1, 0.15) is 31.2 Å². The van der Waals surface area contributed by atoms with Gasteiger partial charge in [0.25, 0.3) is 0 Å². The summed E-state index contributed by atoms with van der Waals surface area (Å²) in [5.41, 5.74) is 1.72. The highest BCUT2D eigenvalue weighted by Gasteiger charge is 2.35. The van der Waals surface area contributed by atoms with Crippen molar-refractivity contribution >= 4 is 45.9 Å². The highest BCUT2D eigenvalue weighted by atomic mass is 127. The maximum atomic E-state index is 4.42. The average molecular weight is 450 g/mol. The smallest absolute Gasteiger partial charge is 0.191 e. The van der Waals surface area contributed by atoms with Gasteiger partial charge in [-0.15, -0.1) is 24.0 Å². The summed E-state index contributed by atoms with van der Waals surface area (Å²) < 4.78 is 1.17. The van der Waals surface area contributed by atoms with Crippen molar-refractivity contribution in [3.63, 3.8) is 0 Å². The van der Waals surface area contributed by atoms with Crippen LogP contribution in [0.15, 0.2) is 33.7 Å². The van der Waals surface area contributed by atoms with Gasteiger partial charge in [-0.1, -0.05) is 40.9 Å². The van der Waals surface area contributed by atoms with Crippen molar-refractivity contribution in [2.75, 3.05) is 19.6 Å². The second-order valence-electron chi connectivity index (χ2n) is 5.51. The van der Waals surface area contributed by atoms with E-state index in [2.05, 4.69) is 55.8 Å². The van der Waals surface area contributed by atoms with Gasteiger partial charge in [-0.2, -0.15) is 0 Å². The van der Waals surface area contributed by atoms with E-state index >= 15 is 0 Å². The maximum absolute atomic E-state index is 4.42. The largest absolute Gasteiger partial charge is 0.356 e. The van der Waals surface area contributed by atoms with Crippen LogP contribution in [-0.2, 0) is 5.41 Å². The first-order valence-electron chi connectivity index (χ1n) is 7.07. The zero-order chi connectivity index (χ0) is 13.1. The lowest BCUT2D eigenvalue weighted by Gasteiger charge is -2.30. The summed E-state index contributed by atoms with van der Waals surface area (Å²) in [6, 6.07) is 8.78. The first-order chi connectivity index (χ1) is 9.28. The minimum Gasteiger partial charge on any atom is -0.356 e. The molecule has 110 valence electrons. The van der Waals surface area contributed by atoms with E-state index in [9.17, 15) is 0 Å². The lowest BCUT2D eigenvalue weighted by Crippen LogP contribution is -2.43. The Morgan fingerprint density at radius 3 is 2.75 bits per heavy atom. The van der Waals surface area contributed by atoms with Gasteiger partial charge in [0, 0.05) is 23.0 Å². The SMILES string of the molecule is Brc1cccc(C2(CNC3=NCCN3)CCCC2)c1.I. The number of hydrogen-bond acceptors (Lipinski definition) is 3. The first kappa shape index (κ1) is 16.1. The van der Waals surface area contributed by atoms with Gasteiger partial charge in [0.15, 0.2) is 5.96 Å². The number of benzene rings is 1. The highest BCUT2D eigenvalue weighted by molar-refractivity contribution is 14.0. The van der Waals surface area contributed by atoms with Crippen LogP contribution in [-0.4, -0.2) is 25.6 Å². The van der Waals surface area contributed by atoms with E-state index in [1.807, 2.05) is 0 Å². The molecule has 2 N–H and O–H groups in total. The summed E-state index contributed by atoms with van der Waals surface area (Å²) in [4.78, 5) is 4.42. The minimum atomic E-state index is 0. The first-order valence-corrected chi connectivity index (χ1v) is 7.86. The van der Waals surface area contributed by atoms with Crippen LogP contribution in [0.3, 0.4) is 0 Å². The van der Waals surface area contributed by atoms with E-state index < -0.39 is 0 Å². The fourth-order valence-corrected chi connectivity index (χ4v) is 3.61. The summed E-state index contributed by atoms with van der Waals surface area (Å²) in [6.45, 7) is 2.84. The van der Waals surface area contributed by atoms with Crippen molar-refractivity contribution in [1.29, 1.82) is 0 Å². The molecule has 0 aromatic heterocycles. The van der Waals surface area contributed by atoms with E-state index in [1.54, 1.807) is 0 Å². The van der Waals surface area contributed by atoms with Crippen LogP contribution in [0.4, 0.5) is 0 Å². The molecule has 1 saturated carbocycles. The van der Waals surface area contributed by atoms with Gasteiger partial charge in [-0.3, -0.25) is 4.99 Å². The van der Waals surface area contributed by atoms with Crippen LogP contribution >= 0.6 is 39.9 Å². The third kappa shape index (κ3) is 3.47. The van der Waals surface area contributed by atoms with Crippen LogP contribution in [0.5, 0.6) is 0 Å². The Morgan fingerprint density at radius 2 is 2.10 bits per heavy atom. The fourth-order valence-electron chi connectivity index (χ4n) is 3.21. The maximum Gasteiger partial charge on any atom is 0.191 e. The molecule has 1 aromatic rings. The van der Waals surface area contributed by atoms with Crippen molar-refractivity contribution in [3.05, 3.63) is 34.3 Å². The Labute approximate surface area is 146 Å².